The summed E-state index contributed by atoms with van der Waals surface area (Å²) in [4.78, 5) is 22.3. The van der Waals surface area contributed by atoms with Crippen molar-refractivity contribution in [2.24, 2.45) is 0 Å². The maximum Gasteiger partial charge on any atom is 0.270 e. The maximum absolute atomic E-state index is 12.1. The number of amides is 1. The van der Waals surface area contributed by atoms with Crippen LogP contribution in [-0.2, 0) is 6.42 Å². The molecule has 0 saturated carbocycles. The Labute approximate surface area is 150 Å². The molecule has 0 aromatic heterocycles. The van der Waals surface area contributed by atoms with Crippen LogP contribution in [0.15, 0.2) is 42.5 Å². The first-order chi connectivity index (χ1) is 12.0. The van der Waals surface area contributed by atoms with E-state index in [1.807, 2.05) is 24.3 Å². The van der Waals surface area contributed by atoms with Gasteiger partial charge < -0.3 is 10.1 Å². The summed E-state index contributed by atoms with van der Waals surface area (Å²) in [7, 11) is 0. The van der Waals surface area contributed by atoms with Gasteiger partial charge >= 0.3 is 0 Å². The third-order valence-corrected chi connectivity index (χ3v) is 3.85. The summed E-state index contributed by atoms with van der Waals surface area (Å²) in [6.45, 7) is 2.67. The number of carbonyl (C=O) groups excluding carboxylic acids is 1. The highest BCUT2D eigenvalue weighted by atomic mass is 35.5. The molecule has 6 nitrogen and oxygen atoms in total. The second kappa shape index (κ2) is 9.03. The van der Waals surface area contributed by atoms with E-state index in [0.29, 0.717) is 0 Å². The van der Waals surface area contributed by atoms with E-state index in [9.17, 15) is 14.9 Å². The first kappa shape index (κ1) is 18.7. The average molecular weight is 363 g/mol. The zero-order chi connectivity index (χ0) is 18.2. The third-order valence-electron chi connectivity index (χ3n) is 3.52. The van der Waals surface area contributed by atoms with Crippen molar-refractivity contribution in [2.45, 2.75) is 19.8 Å². The molecule has 0 spiro atoms. The van der Waals surface area contributed by atoms with Gasteiger partial charge in [-0.2, -0.15) is 0 Å². The molecule has 0 aliphatic heterocycles. The van der Waals surface area contributed by atoms with Crippen LogP contribution in [0, 0.1) is 10.1 Å². The Bertz CT molecular complexity index is 747. The molecule has 132 valence electrons. The number of ether oxygens (including phenoxy) is 1. The number of hydrogen-bond acceptors (Lipinski definition) is 4. The van der Waals surface area contributed by atoms with Gasteiger partial charge in [0, 0.05) is 12.1 Å². The summed E-state index contributed by atoms with van der Waals surface area (Å²) in [6, 6.07) is 11.6. The number of nitro groups is 1. The second-order valence-electron chi connectivity index (χ2n) is 5.42. The van der Waals surface area contributed by atoms with E-state index in [1.54, 1.807) is 0 Å². The monoisotopic (exact) mass is 362 g/mol. The topological polar surface area (TPSA) is 81.5 Å². The minimum absolute atomic E-state index is 0.0692. The number of halogens is 1. The smallest absolute Gasteiger partial charge is 0.270 e. The van der Waals surface area contributed by atoms with Crippen LogP contribution < -0.4 is 10.1 Å². The minimum atomic E-state index is -0.571. The number of rotatable bonds is 8. The Morgan fingerprint density at radius 2 is 1.96 bits per heavy atom. The summed E-state index contributed by atoms with van der Waals surface area (Å²) >= 11 is 5.93. The fourth-order valence-electron chi connectivity index (χ4n) is 2.27. The van der Waals surface area contributed by atoms with Gasteiger partial charge in [0.05, 0.1) is 22.1 Å². The number of nitrogens with zero attached hydrogens (tertiary/aromatic N) is 1. The summed E-state index contributed by atoms with van der Waals surface area (Å²) in [5.41, 5.74) is 1.14. The number of carbonyl (C=O) groups is 1. The van der Waals surface area contributed by atoms with Crippen LogP contribution in [0.4, 0.5) is 5.69 Å². The van der Waals surface area contributed by atoms with Gasteiger partial charge in [-0.15, -0.1) is 0 Å². The lowest BCUT2D eigenvalue weighted by Crippen LogP contribution is -2.28. The highest BCUT2D eigenvalue weighted by molar-refractivity contribution is 6.33. The molecule has 0 saturated heterocycles. The molecule has 2 rings (SSSR count). The lowest BCUT2D eigenvalue weighted by Gasteiger charge is -2.09. The number of benzene rings is 2. The Hall–Kier alpha value is -2.60. The SMILES string of the molecule is CCCc1ccc(OCCNC(=O)c2cc([N+](=O)[O-])ccc2Cl)cc1. The lowest BCUT2D eigenvalue weighted by atomic mass is 10.1. The van der Waals surface area contributed by atoms with Gasteiger partial charge in [0.25, 0.3) is 11.6 Å². The molecule has 1 amide bonds. The first-order valence-electron chi connectivity index (χ1n) is 7.95. The van der Waals surface area contributed by atoms with Crippen molar-refractivity contribution in [3.8, 4) is 5.75 Å². The number of nitro benzene ring substituents is 1. The highest BCUT2D eigenvalue weighted by Gasteiger charge is 2.15. The average Bonchev–Trinajstić information content (AvgIpc) is 2.60. The molecule has 25 heavy (non-hydrogen) atoms. The Kier molecular flexibility index (Phi) is 6.77. The first-order valence-corrected chi connectivity index (χ1v) is 8.33. The number of nitrogens with one attached hydrogen (secondary N) is 1. The molecule has 0 fully saturated rings. The van der Waals surface area contributed by atoms with E-state index in [2.05, 4.69) is 12.2 Å². The van der Waals surface area contributed by atoms with Crippen molar-refractivity contribution >= 4 is 23.2 Å². The van der Waals surface area contributed by atoms with E-state index >= 15 is 0 Å². The molecular formula is C18H19ClN2O4. The van der Waals surface area contributed by atoms with Gasteiger partial charge in [-0.1, -0.05) is 37.1 Å². The lowest BCUT2D eigenvalue weighted by molar-refractivity contribution is -0.384. The van der Waals surface area contributed by atoms with Crippen LogP contribution in [0.5, 0.6) is 5.75 Å². The number of non-ortho nitro benzene ring substituents is 1. The molecule has 0 aliphatic rings. The van der Waals surface area contributed by atoms with Crippen LogP contribution in [0.1, 0.15) is 29.3 Å². The van der Waals surface area contributed by atoms with Crippen molar-refractivity contribution < 1.29 is 14.5 Å². The normalized spacial score (nSPS) is 10.3. The van der Waals surface area contributed by atoms with Crippen molar-refractivity contribution in [3.63, 3.8) is 0 Å². The molecule has 0 atom stereocenters. The van der Waals surface area contributed by atoms with Gasteiger partial charge in [-0.25, -0.2) is 0 Å². The molecule has 0 radical (unpaired) electrons. The Morgan fingerprint density at radius 3 is 2.60 bits per heavy atom. The molecule has 0 bridgehead atoms. The zero-order valence-electron chi connectivity index (χ0n) is 13.8. The highest BCUT2D eigenvalue weighted by Crippen LogP contribution is 2.21. The number of aryl methyl sites for hydroxylation is 1. The summed E-state index contributed by atoms with van der Waals surface area (Å²) < 4.78 is 5.56. The molecule has 7 heteroatoms. The zero-order valence-corrected chi connectivity index (χ0v) is 14.6. The molecule has 2 aromatic carbocycles. The van der Waals surface area contributed by atoms with Crippen molar-refractivity contribution in [3.05, 3.63) is 68.7 Å². The second-order valence-corrected chi connectivity index (χ2v) is 5.83. The molecule has 1 N–H and O–H groups in total. The van der Waals surface area contributed by atoms with E-state index in [1.165, 1.54) is 17.7 Å². The third kappa shape index (κ3) is 5.46. The Morgan fingerprint density at radius 1 is 1.24 bits per heavy atom. The van der Waals surface area contributed by atoms with E-state index in [4.69, 9.17) is 16.3 Å². The fraction of sp³-hybridized carbons (Fsp3) is 0.278. The van der Waals surface area contributed by atoms with Gasteiger partial charge in [0.15, 0.2) is 0 Å². The quantitative estimate of drug-likeness (QED) is 0.437. The van der Waals surface area contributed by atoms with Gasteiger partial charge in [-0.05, 0) is 30.2 Å². The van der Waals surface area contributed by atoms with E-state index in [0.717, 1.165) is 24.7 Å². The minimum Gasteiger partial charge on any atom is -0.492 e. The Balaban J connectivity index is 1.84. The summed E-state index contributed by atoms with van der Waals surface area (Å²) in [6.07, 6.45) is 2.12. The number of hydrogen-bond donors (Lipinski definition) is 1. The fourth-order valence-corrected chi connectivity index (χ4v) is 2.47. The van der Waals surface area contributed by atoms with Crippen LogP contribution in [0.2, 0.25) is 5.02 Å². The van der Waals surface area contributed by atoms with Crippen molar-refractivity contribution in [2.75, 3.05) is 13.2 Å². The predicted octanol–water partition coefficient (Wildman–Crippen LogP) is 4.01. The van der Waals surface area contributed by atoms with Crippen LogP contribution in [-0.4, -0.2) is 24.0 Å². The van der Waals surface area contributed by atoms with Crippen LogP contribution in [0.3, 0.4) is 0 Å². The van der Waals surface area contributed by atoms with Gasteiger partial charge in [-0.3, -0.25) is 14.9 Å². The van der Waals surface area contributed by atoms with Crippen LogP contribution in [0.25, 0.3) is 0 Å². The molecule has 0 aliphatic carbocycles. The predicted molar refractivity (Wildman–Crippen MR) is 96.4 cm³/mol. The van der Waals surface area contributed by atoms with E-state index in [-0.39, 0.29) is 29.4 Å². The van der Waals surface area contributed by atoms with Crippen LogP contribution >= 0.6 is 11.6 Å². The largest absolute Gasteiger partial charge is 0.492 e. The molecular weight excluding hydrogens is 344 g/mol. The molecule has 2 aromatic rings. The summed E-state index contributed by atoms with van der Waals surface area (Å²) in [5.74, 6) is 0.248. The summed E-state index contributed by atoms with van der Waals surface area (Å²) in [5, 5.41) is 13.6. The standard InChI is InChI=1S/C18H19ClN2O4/c1-2-3-13-4-7-15(8-5-13)25-11-10-20-18(22)16-12-14(21(23)24)6-9-17(16)19/h4-9,12H,2-3,10-11H2,1H3,(H,20,22). The van der Waals surface area contributed by atoms with Gasteiger partial charge in [0.1, 0.15) is 12.4 Å². The van der Waals surface area contributed by atoms with Crippen molar-refractivity contribution in [1.82, 2.24) is 5.32 Å². The molecule has 0 heterocycles. The van der Waals surface area contributed by atoms with E-state index < -0.39 is 10.8 Å². The maximum atomic E-state index is 12.1. The van der Waals surface area contributed by atoms with Crippen molar-refractivity contribution in [1.29, 1.82) is 0 Å². The van der Waals surface area contributed by atoms with Gasteiger partial charge in [0.2, 0.25) is 0 Å². The molecule has 0 unspecified atom stereocenters.